The summed E-state index contributed by atoms with van der Waals surface area (Å²) >= 11 is 0. The highest BCUT2D eigenvalue weighted by Crippen LogP contribution is 2.34. The van der Waals surface area contributed by atoms with E-state index >= 15 is 0 Å². The summed E-state index contributed by atoms with van der Waals surface area (Å²) in [6.45, 7) is 25.5. The Labute approximate surface area is 612 Å². The lowest BCUT2D eigenvalue weighted by Gasteiger charge is -2.39. The second-order valence-corrected chi connectivity index (χ2v) is 27.2. The van der Waals surface area contributed by atoms with Gasteiger partial charge in [-0.2, -0.15) is 0 Å². The van der Waals surface area contributed by atoms with Gasteiger partial charge < -0.3 is 47.9 Å². The Morgan fingerprint density at radius 3 is 1.11 bits per heavy atom. The van der Waals surface area contributed by atoms with Crippen molar-refractivity contribution in [2.75, 3.05) is 116 Å². The van der Waals surface area contributed by atoms with Gasteiger partial charge in [0.2, 0.25) is 11.8 Å². The van der Waals surface area contributed by atoms with E-state index in [2.05, 4.69) is 184 Å². The van der Waals surface area contributed by atoms with Crippen molar-refractivity contribution < 1.29 is 18.8 Å². The second kappa shape index (κ2) is 32.8. The Morgan fingerprint density at radius 1 is 0.419 bits per heavy atom. The predicted molar refractivity (Wildman–Crippen MR) is 423 cm³/mol. The number of imidazole rings is 3. The van der Waals surface area contributed by atoms with Crippen LogP contribution in [0.2, 0.25) is 0 Å². The zero-order valence-electron chi connectivity index (χ0n) is 60.4. The lowest BCUT2D eigenvalue weighted by Crippen LogP contribution is -2.50. The molecule has 15 rings (SSSR count). The lowest BCUT2D eigenvalue weighted by molar-refractivity contribution is 0.0989. The number of nitrogens with two attached hydrogens (primary N) is 3. The van der Waals surface area contributed by atoms with Crippen LogP contribution in [-0.2, 0) is 0 Å². The largest absolute Gasteiger partial charge is 0.369 e. The molecule has 3 aliphatic heterocycles. The number of benzene rings is 6. The van der Waals surface area contributed by atoms with E-state index in [1.54, 1.807) is 48.9 Å². The highest BCUT2D eigenvalue weighted by atomic mass is 19.1. The molecule has 22 heteroatoms. The Bertz CT molecular complexity index is 4930. The molecule has 0 saturated carbocycles. The molecular weight excluding hydrogens is 1320 g/mol. The summed E-state index contributed by atoms with van der Waals surface area (Å²) in [6.07, 6.45) is 14.7. The first kappa shape index (κ1) is 71.8. The lowest BCUT2D eigenvalue weighted by atomic mass is 10.1. The van der Waals surface area contributed by atoms with Crippen LogP contribution in [-0.4, -0.2) is 158 Å². The molecule has 0 aliphatic carbocycles. The van der Waals surface area contributed by atoms with E-state index in [0.717, 1.165) is 158 Å². The fourth-order valence-corrected chi connectivity index (χ4v) is 14.5. The van der Waals surface area contributed by atoms with Crippen LogP contribution in [0, 0.1) is 5.82 Å². The molecule has 9 heterocycles. The number of aromatic nitrogens is 6. The van der Waals surface area contributed by atoms with Crippen molar-refractivity contribution in [3.8, 4) is 33.8 Å². The summed E-state index contributed by atoms with van der Waals surface area (Å²) in [5, 5.41) is 10.5. The summed E-state index contributed by atoms with van der Waals surface area (Å²) in [4.78, 5) is 63.1. The molecular formula is C83H93FN18O3. The number of primary amides is 3. The molecule has 0 radical (unpaired) electrons. The first-order valence-electron chi connectivity index (χ1n) is 36.4. The van der Waals surface area contributed by atoms with Gasteiger partial charge in [0.05, 0.1) is 39.7 Å². The van der Waals surface area contributed by atoms with E-state index in [1.165, 1.54) is 55.0 Å². The zero-order valence-corrected chi connectivity index (χ0v) is 60.4. The number of amides is 3. The second-order valence-electron chi connectivity index (χ2n) is 27.2. The molecule has 0 spiro atoms. The number of fused-ring (bicyclic) bond motifs is 3. The molecule has 3 aliphatic rings. The van der Waals surface area contributed by atoms with Crippen LogP contribution in [0.4, 0.5) is 55.6 Å². The SMILES string of the molecule is CC(C)N1CCN(c2ccc(Nc3ccc(-c4ccc(F)c(C(N)=O)c4)n4ccnc34)cc2)CC1.CCC(CC)N1CCN(c2ccc(Nc3ccc(-c4ccc(C(N)=O)cc4)n4ccnc34)cc2)CC1.CCCN1CCN(c2ccc(Nc3ccc(-c4ccc(C(N)=O)cc4)n4ccnc34)cc2)CC1. The number of pyridine rings is 3. The third-order valence-electron chi connectivity index (χ3n) is 20.4. The molecule has 9 N–H and O–H groups in total. The molecule has 0 unspecified atom stereocenters. The van der Waals surface area contributed by atoms with E-state index in [9.17, 15) is 18.8 Å². The number of halogens is 1. The van der Waals surface area contributed by atoms with Crippen molar-refractivity contribution in [3.05, 3.63) is 236 Å². The van der Waals surface area contributed by atoms with Gasteiger partial charge in [-0.1, -0.05) is 45.0 Å². The number of rotatable bonds is 21. The molecule has 12 aromatic rings. The van der Waals surface area contributed by atoms with Crippen molar-refractivity contribution in [2.24, 2.45) is 17.2 Å². The van der Waals surface area contributed by atoms with Gasteiger partial charge >= 0.3 is 0 Å². The predicted octanol–water partition coefficient (Wildman–Crippen LogP) is 14.0. The van der Waals surface area contributed by atoms with E-state index < -0.39 is 23.5 Å². The Morgan fingerprint density at radius 2 is 0.771 bits per heavy atom. The molecule has 3 saturated heterocycles. The number of nitrogens with one attached hydrogen (secondary N) is 3. The maximum atomic E-state index is 14.0. The van der Waals surface area contributed by atoms with Crippen LogP contribution >= 0.6 is 0 Å². The number of hydrogen-bond donors (Lipinski definition) is 6. The van der Waals surface area contributed by atoms with Gasteiger partial charge in [0.25, 0.3) is 5.91 Å². The Balaban J connectivity index is 0.000000140. The number of piperazine rings is 3. The maximum absolute atomic E-state index is 14.0. The molecule has 540 valence electrons. The van der Waals surface area contributed by atoms with Gasteiger partial charge in [-0.3, -0.25) is 42.3 Å². The fraction of sp³-hybridized carbons (Fsp3) is 0.277. The molecule has 3 amide bonds. The van der Waals surface area contributed by atoms with Gasteiger partial charge in [-0.25, -0.2) is 19.3 Å². The number of anilines is 9. The average Bonchev–Trinajstić information content (AvgIpc) is 1.72. The third kappa shape index (κ3) is 16.6. The molecule has 6 aromatic carbocycles. The van der Waals surface area contributed by atoms with E-state index in [-0.39, 0.29) is 5.56 Å². The molecule has 6 aromatic heterocycles. The van der Waals surface area contributed by atoms with Crippen molar-refractivity contribution in [1.82, 2.24) is 42.9 Å². The molecule has 0 atom stereocenters. The average molecular weight is 1410 g/mol. The highest BCUT2D eigenvalue weighted by Gasteiger charge is 2.24. The summed E-state index contributed by atoms with van der Waals surface area (Å²) in [5.41, 5.74) is 34.2. The number of carbonyl (C=O) groups excluding carboxylic acids is 3. The third-order valence-corrected chi connectivity index (χ3v) is 20.4. The first-order valence-corrected chi connectivity index (χ1v) is 36.4. The monoisotopic (exact) mass is 1410 g/mol. The minimum absolute atomic E-state index is 0.135. The normalized spacial score (nSPS) is 14.5. The van der Waals surface area contributed by atoms with E-state index in [4.69, 9.17) is 17.2 Å². The van der Waals surface area contributed by atoms with Crippen molar-refractivity contribution in [2.45, 2.75) is 66.0 Å². The van der Waals surface area contributed by atoms with Gasteiger partial charge in [0, 0.05) is 173 Å². The minimum Gasteiger partial charge on any atom is -0.369 e. The van der Waals surface area contributed by atoms with E-state index in [0.29, 0.717) is 28.8 Å². The van der Waals surface area contributed by atoms with E-state index in [1.807, 2.05) is 75.9 Å². The summed E-state index contributed by atoms with van der Waals surface area (Å²) in [7, 11) is 0. The molecule has 105 heavy (non-hydrogen) atoms. The number of nitrogens with zero attached hydrogens (tertiary/aromatic N) is 12. The van der Waals surface area contributed by atoms with Crippen LogP contribution in [0.25, 0.3) is 50.7 Å². The Hall–Kier alpha value is -11.6. The van der Waals surface area contributed by atoms with Gasteiger partial charge in [0.15, 0.2) is 16.9 Å². The number of hydrogen-bond acceptors (Lipinski definition) is 15. The van der Waals surface area contributed by atoms with Crippen molar-refractivity contribution >= 4 is 85.8 Å². The quantitative estimate of drug-likeness (QED) is 0.0392. The first-order chi connectivity index (χ1) is 51.1. The highest BCUT2D eigenvalue weighted by molar-refractivity contribution is 5.95. The van der Waals surface area contributed by atoms with Crippen molar-refractivity contribution in [3.63, 3.8) is 0 Å². The summed E-state index contributed by atoms with van der Waals surface area (Å²) in [6, 6.07) is 58.1. The fourth-order valence-electron chi connectivity index (χ4n) is 14.5. The van der Waals surface area contributed by atoms with Crippen LogP contribution in [0.5, 0.6) is 0 Å². The topological polar surface area (TPSA) is 237 Å². The van der Waals surface area contributed by atoms with Gasteiger partial charge in [0.1, 0.15) is 5.82 Å². The van der Waals surface area contributed by atoms with Crippen LogP contribution in [0.15, 0.2) is 213 Å². The Kier molecular flexibility index (Phi) is 22.4. The molecule has 3 fully saturated rings. The zero-order chi connectivity index (χ0) is 73.1. The van der Waals surface area contributed by atoms with Gasteiger partial charge in [-0.05, 0) is 208 Å². The standard InChI is InChI=1S/C29H34N6O.C27H29FN6O.C27H30N6O/c1-3-24(4-2)33-17-19-34(20-18-33)25-11-9-23(10-12-25)32-26-13-14-27(35-16-15-31-29(26)35)21-5-7-22(8-6-21)28(30)36;1-18(2)32-13-15-33(16-14-32)21-6-4-20(5-7-21)31-24-9-10-25(34-12-11-30-27(24)34)19-3-8-23(28)22(17-19)26(29)35;1-2-14-31-16-18-32(19-17-31)23-9-7-22(8-10-23)30-24-11-12-25(33-15-13-29-27(24)33)20-3-5-21(6-4-20)26(28)34/h5-16,24,32H,3-4,17-20H2,1-2H3,(H2,30,36);3-12,17-18,31H,13-16H2,1-2H3,(H2,29,35);3-13,15,30H,2,14,16-19H2,1H3,(H2,28,34). The summed E-state index contributed by atoms with van der Waals surface area (Å²) in [5.74, 6) is -2.28. The van der Waals surface area contributed by atoms with Crippen LogP contribution in [0.3, 0.4) is 0 Å². The van der Waals surface area contributed by atoms with Crippen molar-refractivity contribution in [1.29, 1.82) is 0 Å². The van der Waals surface area contributed by atoms with Gasteiger partial charge in [-0.15, -0.1) is 0 Å². The van der Waals surface area contributed by atoms with Crippen LogP contribution < -0.4 is 47.9 Å². The number of carbonyl (C=O) groups is 3. The van der Waals surface area contributed by atoms with Crippen LogP contribution in [0.1, 0.15) is 85.0 Å². The molecule has 0 bridgehead atoms. The smallest absolute Gasteiger partial charge is 0.251 e. The molecule has 21 nitrogen and oxygen atoms in total. The maximum Gasteiger partial charge on any atom is 0.251 e. The minimum atomic E-state index is -0.797. The summed E-state index contributed by atoms with van der Waals surface area (Å²) < 4.78 is 20.0.